The predicted octanol–water partition coefficient (Wildman–Crippen LogP) is 1.16. The van der Waals surface area contributed by atoms with Crippen LogP contribution in [0.1, 0.15) is 18.0 Å². The molecular weight excluding hydrogens is 250 g/mol. The fraction of sp³-hybridized carbons (Fsp3) is 0.462. The number of carboxylic acids is 1. The van der Waals surface area contributed by atoms with Gasteiger partial charge in [-0.2, -0.15) is 0 Å². The molecular formula is C13H15NO5. The normalized spacial score (nSPS) is 24.5. The number of hydrogen-bond donors (Lipinski definition) is 2. The summed E-state index contributed by atoms with van der Waals surface area (Å²) in [6.45, 7) is 0.668. The summed E-state index contributed by atoms with van der Waals surface area (Å²) in [5, 5.41) is 12.2. The summed E-state index contributed by atoms with van der Waals surface area (Å²) in [5.41, 5.74) is 0.963. The van der Waals surface area contributed by atoms with Crippen molar-refractivity contribution in [2.24, 2.45) is 5.92 Å². The molecule has 1 aromatic carbocycles. The molecule has 102 valence electrons. The van der Waals surface area contributed by atoms with E-state index >= 15 is 0 Å². The molecule has 2 N–H and O–H groups in total. The minimum absolute atomic E-state index is 0.00417. The van der Waals surface area contributed by atoms with Crippen LogP contribution in [0.3, 0.4) is 0 Å². The molecule has 0 saturated carbocycles. The van der Waals surface area contributed by atoms with E-state index < -0.39 is 5.97 Å². The second-order valence-corrected chi connectivity index (χ2v) is 4.69. The van der Waals surface area contributed by atoms with E-state index in [0.717, 1.165) is 5.56 Å². The van der Waals surface area contributed by atoms with Gasteiger partial charge in [0.25, 0.3) is 0 Å². The highest BCUT2D eigenvalue weighted by atomic mass is 16.7. The molecule has 2 atom stereocenters. The van der Waals surface area contributed by atoms with Gasteiger partial charge in [-0.1, -0.05) is 0 Å². The molecule has 0 radical (unpaired) electrons. The number of ether oxygens (including phenoxy) is 3. The predicted molar refractivity (Wildman–Crippen MR) is 65.6 cm³/mol. The number of nitrogens with one attached hydrogen (secondary N) is 1. The first-order valence-corrected chi connectivity index (χ1v) is 6.12. The molecule has 0 amide bonds. The van der Waals surface area contributed by atoms with Crippen LogP contribution in [0.4, 0.5) is 0 Å². The van der Waals surface area contributed by atoms with Crippen molar-refractivity contribution in [2.45, 2.75) is 12.5 Å². The van der Waals surface area contributed by atoms with E-state index in [0.29, 0.717) is 30.2 Å². The standard InChI is InChI=1S/C13H15NO5/c1-17-10-3-7(4-11-12(10)19-6-18-11)9-2-8(5-14-9)13(15)16/h3-4,8-9,14H,2,5-6H2,1H3,(H,15,16). The maximum atomic E-state index is 11.0. The minimum Gasteiger partial charge on any atom is -0.493 e. The van der Waals surface area contributed by atoms with Crippen molar-refractivity contribution < 1.29 is 24.1 Å². The summed E-state index contributed by atoms with van der Waals surface area (Å²) in [5.74, 6) is 0.767. The fourth-order valence-corrected chi connectivity index (χ4v) is 2.53. The highest BCUT2D eigenvalue weighted by Gasteiger charge is 2.32. The van der Waals surface area contributed by atoms with Gasteiger partial charge in [-0.25, -0.2) is 0 Å². The highest BCUT2D eigenvalue weighted by Crippen LogP contribution is 2.44. The molecule has 19 heavy (non-hydrogen) atoms. The van der Waals surface area contributed by atoms with Crippen LogP contribution in [0, 0.1) is 5.92 Å². The number of methoxy groups -OCH3 is 1. The molecule has 2 aliphatic heterocycles. The second-order valence-electron chi connectivity index (χ2n) is 4.69. The van der Waals surface area contributed by atoms with E-state index in [1.54, 1.807) is 7.11 Å². The van der Waals surface area contributed by atoms with E-state index in [-0.39, 0.29) is 18.8 Å². The Labute approximate surface area is 110 Å². The monoisotopic (exact) mass is 265 g/mol. The Morgan fingerprint density at radius 1 is 1.47 bits per heavy atom. The first-order valence-electron chi connectivity index (χ1n) is 6.12. The van der Waals surface area contributed by atoms with Gasteiger partial charge < -0.3 is 24.6 Å². The number of rotatable bonds is 3. The maximum Gasteiger partial charge on any atom is 0.307 e. The van der Waals surface area contributed by atoms with Crippen LogP contribution in [-0.4, -0.2) is 31.5 Å². The second kappa shape index (κ2) is 4.62. The Morgan fingerprint density at radius 2 is 2.32 bits per heavy atom. The number of fused-ring (bicyclic) bond motifs is 1. The van der Waals surface area contributed by atoms with Gasteiger partial charge in [0, 0.05) is 12.6 Å². The van der Waals surface area contributed by atoms with Gasteiger partial charge in [0.2, 0.25) is 12.5 Å². The van der Waals surface area contributed by atoms with Crippen LogP contribution in [0.15, 0.2) is 12.1 Å². The summed E-state index contributed by atoms with van der Waals surface area (Å²) < 4.78 is 16.0. The Morgan fingerprint density at radius 3 is 3.00 bits per heavy atom. The zero-order valence-corrected chi connectivity index (χ0v) is 10.5. The van der Waals surface area contributed by atoms with Crippen molar-refractivity contribution in [2.75, 3.05) is 20.4 Å². The molecule has 3 rings (SSSR count). The third-order valence-electron chi connectivity index (χ3n) is 3.56. The number of benzene rings is 1. The number of carboxylic acid groups (broad SMARTS) is 1. The molecule has 0 aliphatic carbocycles. The number of aliphatic carboxylic acids is 1. The van der Waals surface area contributed by atoms with E-state index in [9.17, 15) is 4.79 Å². The molecule has 6 nitrogen and oxygen atoms in total. The lowest BCUT2D eigenvalue weighted by Crippen LogP contribution is -2.17. The Kier molecular flexibility index (Phi) is 2.94. The first-order chi connectivity index (χ1) is 9.19. The molecule has 2 heterocycles. The van der Waals surface area contributed by atoms with Crippen molar-refractivity contribution in [1.82, 2.24) is 5.32 Å². The smallest absolute Gasteiger partial charge is 0.307 e. The minimum atomic E-state index is -0.761. The molecule has 1 fully saturated rings. The average molecular weight is 265 g/mol. The van der Waals surface area contributed by atoms with Crippen LogP contribution in [0.2, 0.25) is 0 Å². The summed E-state index contributed by atoms with van der Waals surface area (Å²) in [6, 6.07) is 3.76. The van der Waals surface area contributed by atoms with E-state index in [1.807, 2.05) is 12.1 Å². The van der Waals surface area contributed by atoms with E-state index in [2.05, 4.69) is 5.32 Å². The van der Waals surface area contributed by atoms with Crippen LogP contribution < -0.4 is 19.5 Å². The molecule has 6 heteroatoms. The van der Waals surface area contributed by atoms with Crippen LogP contribution >= 0.6 is 0 Å². The number of carbonyl (C=O) groups is 1. The Balaban J connectivity index is 1.88. The van der Waals surface area contributed by atoms with Crippen molar-refractivity contribution in [3.8, 4) is 17.2 Å². The molecule has 1 aromatic rings. The Bertz CT molecular complexity index is 516. The highest BCUT2D eigenvalue weighted by molar-refractivity contribution is 5.71. The molecule has 2 aliphatic rings. The molecule has 1 saturated heterocycles. The number of hydrogen-bond acceptors (Lipinski definition) is 5. The molecule has 0 bridgehead atoms. The van der Waals surface area contributed by atoms with E-state index in [4.69, 9.17) is 19.3 Å². The van der Waals surface area contributed by atoms with Gasteiger partial charge in [0.05, 0.1) is 13.0 Å². The van der Waals surface area contributed by atoms with Gasteiger partial charge in [-0.15, -0.1) is 0 Å². The summed E-state index contributed by atoms with van der Waals surface area (Å²) in [4.78, 5) is 11.0. The van der Waals surface area contributed by atoms with Crippen molar-refractivity contribution in [3.63, 3.8) is 0 Å². The molecule has 0 spiro atoms. The Hall–Kier alpha value is -1.95. The lowest BCUT2D eigenvalue weighted by atomic mass is 9.99. The van der Waals surface area contributed by atoms with Gasteiger partial charge in [0.15, 0.2) is 11.5 Å². The summed E-state index contributed by atoms with van der Waals surface area (Å²) in [6.07, 6.45) is 0.568. The summed E-state index contributed by atoms with van der Waals surface area (Å²) >= 11 is 0. The third kappa shape index (κ3) is 2.08. The van der Waals surface area contributed by atoms with Gasteiger partial charge in [-0.05, 0) is 24.1 Å². The van der Waals surface area contributed by atoms with Crippen LogP contribution in [0.5, 0.6) is 17.2 Å². The lowest BCUT2D eigenvalue weighted by Gasteiger charge is -2.13. The average Bonchev–Trinajstić information content (AvgIpc) is 3.05. The maximum absolute atomic E-state index is 11.0. The van der Waals surface area contributed by atoms with Crippen molar-refractivity contribution >= 4 is 5.97 Å². The lowest BCUT2D eigenvalue weighted by molar-refractivity contribution is -0.141. The summed E-state index contributed by atoms with van der Waals surface area (Å²) in [7, 11) is 1.57. The molecule has 2 unspecified atom stereocenters. The van der Waals surface area contributed by atoms with Crippen molar-refractivity contribution in [3.05, 3.63) is 17.7 Å². The van der Waals surface area contributed by atoms with Crippen LogP contribution in [0.25, 0.3) is 0 Å². The van der Waals surface area contributed by atoms with Gasteiger partial charge >= 0.3 is 5.97 Å². The van der Waals surface area contributed by atoms with Gasteiger partial charge in [-0.3, -0.25) is 4.79 Å². The molecule has 0 aromatic heterocycles. The zero-order chi connectivity index (χ0) is 13.4. The topological polar surface area (TPSA) is 77.0 Å². The fourth-order valence-electron chi connectivity index (χ4n) is 2.53. The largest absolute Gasteiger partial charge is 0.493 e. The van der Waals surface area contributed by atoms with Crippen LogP contribution in [-0.2, 0) is 4.79 Å². The first kappa shape index (κ1) is 12.1. The SMILES string of the molecule is COc1cc(C2CC(C(=O)O)CN2)cc2c1OCO2. The van der Waals surface area contributed by atoms with Gasteiger partial charge in [0.1, 0.15) is 0 Å². The third-order valence-corrected chi connectivity index (χ3v) is 3.56. The zero-order valence-electron chi connectivity index (χ0n) is 10.5. The van der Waals surface area contributed by atoms with E-state index in [1.165, 1.54) is 0 Å². The van der Waals surface area contributed by atoms with Crippen molar-refractivity contribution in [1.29, 1.82) is 0 Å². The quantitative estimate of drug-likeness (QED) is 0.854.